The molecule has 0 saturated carbocycles. The molecule has 0 saturated heterocycles. The molecular formula is C20H20CrN4O2. The first-order chi connectivity index (χ1) is 11.9. The van der Waals surface area contributed by atoms with Crippen molar-refractivity contribution in [2.45, 2.75) is 0 Å². The Balaban J connectivity index is 0.000000451. The SMILES string of the molecule is O.O.[Cr].c1ccc(-c2ccccn2)nc1.c1ccc(-c2ccccn2)nc1. The predicted octanol–water partition coefficient (Wildman–Crippen LogP) is 2.64. The molecule has 0 bridgehead atoms. The summed E-state index contributed by atoms with van der Waals surface area (Å²) < 4.78 is 0. The molecule has 0 unspecified atom stereocenters. The molecule has 6 nitrogen and oxygen atoms in total. The predicted molar refractivity (Wildman–Crippen MR) is 102 cm³/mol. The fraction of sp³-hybridized carbons (Fsp3) is 0. The van der Waals surface area contributed by atoms with E-state index in [1.165, 1.54) is 0 Å². The second-order valence-electron chi connectivity index (χ2n) is 4.86. The van der Waals surface area contributed by atoms with Gasteiger partial charge in [0.15, 0.2) is 0 Å². The van der Waals surface area contributed by atoms with Gasteiger partial charge in [-0.1, -0.05) is 24.3 Å². The zero-order chi connectivity index (χ0) is 16.5. The van der Waals surface area contributed by atoms with Crippen molar-refractivity contribution < 1.29 is 28.3 Å². The van der Waals surface area contributed by atoms with Crippen LogP contribution in [0.1, 0.15) is 0 Å². The van der Waals surface area contributed by atoms with Gasteiger partial charge in [0.2, 0.25) is 0 Å². The van der Waals surface area contributed by atoms with Crippen LogP contribution in [0.4, 0.5) is 0 Å². The van der Waals surface area contributed by atoms with Crippen molar-refractivity contribution in [1.29, 1.82) is 0 Å². The largest absolute Gasteiger partial charge is 0.412 e. The van der Waals surface area contributed by atoms with Gasteiger partial charge in [0.25, 0.3) is 0 Å². The Morgan fingerprint density at radius 1 is 0.370 bits per heavy atom. The number of hydrogen-bond acceptors (Lipinski definition) is 4. The summed E-state index contributed by atoms with van der Waals surface area (Å²) in [5.74, 6) is 0. The minimum Gasteiger partial charge on any atom is -0.412 e. The van der Waals surface area contributed by atoms with Crippen molar-refractivity contribution in [2.24, 2.45) is 0 Å². The zero-order valence-electron chi connectivity index (χ0n) is 14.4. The van der Waals surface area contributed by atoms with Crippen LogP contribution in [0.2, 0.25) is 0 Å². The molecule has 0 spiro atoms. The van der Waals surface area contributed by atoms with Gasteiger partial charge in [0.1, 0.15) is 0 Å². The maximum Gasteiger partial charge on any atom is 0.0886 e. The van der Waals surface area contributed by atoms with Gasteiger partial charge >= 0.3 is 0 Å². The van der Waals surface area contributed by atoms with Gasteiger partial charge in [-0.05, 0) is 48.5 Å². The van der Waals surface area contributed by atoms with E-state index in [4.69, 9.17) is 0 Å². The van der Waals surface area contributed by atoms with Crippen LogP contribution in [0.3, 0.4) is 0 Å². The van der Waals surface area contributed by atoms with Gasteiger partial charge in [-0.25, -0.2) is 0 Å². The van der Waals surface area contributed by atoms with Gasteiger partial charge in [-0.3, -0.25) is 19.9 Å². The Morgan fingerprint density at radius 2 is 0.593 bits per heavy atom. The maximum atomic E-state index is 4.19. The van der Waals surface area contributed by atoms with Crippen molar-refractivity contribution in [1.82, 2.24) is 19.9 Å². The molecule has 27 heavy (non-hydrogen) atoms. The molecule has 4 aromatic rings. The molecule has 0 radical (unpaired) electrons. The van der Waals surface area contributed by atoms with Crippen LogP contribution in [0, 0.1) is 0 Å². The zero-order valence-corrected chi connectivity index (χ0v) is 15.7. The number of hydrogen-bond donors (Lipinski definition) is 0. The fourth-order valence-electron chi connectivity index (χ4n) is 2.06. The molecule has 0 aliphatic rings. The van der Waals surface area contributed by atoms with E-state index >= 15 is 0 Å². The Morgan fingerprint density at radius 3 is 0.741 bits per heavy atom. The van der Waals surface area contributed by atoms with Crippen LogP contribution in [0.5, 0.6) is 0 Å². The van der Waals surface area contributed by atoms with E-state index in [2.05, 4.69) is 19.9 Å². The molecule has 4 heterocycles. The third kappa shape index (κ3) is 7.44. The van der Waals surface area contributed by atoms with E-state index < -0.39 is 0 Å². The maximum absolute atomic E-state index is 4.19. The summed E-state index contributed by atoms with van der Waals surface area (Å²) in [7, 11) is 0. The molecule has 4 rings (SSSR count). The summed E-state index contributed by atoms with van der Waals surface area (Å²) in [5, 5.41) is 0. The fourth-order valence-corrected chi connectivity index (χ4v) is 2.06. The van der Waals surface area contributed by atoms with Crippen molar-refractivity contribution in [3.8, 4) is 22.8 Å². The molecule has 0 fully saturated rings. The van der Waals surface area contributed by atoms with E-state index in [-0.39, 0.29) is 28.3 Å². The third-order valence-corrected chi connectivity index (χ3v) is 3.18. The Kier molecular flexibility index (Phi) is 11.8. The average molecular weight is 400 g/mol. The molecule has 0 aromatic carbocycles. The molecule has 0 atom stereocenters. The van der Waals surface area contributed by atoms with E-state index in [0.29, 0.717) is 0 Å². The molecule has 4 N–H and O–H groups in total. The standard InChI is InChI=1S/2C10H8N2.Cr.2H2O/c2*1-3-7-11-9(5-1)10-6-2-4-8-12-10;;;/h2*1-8H;;2*1H2. The first-order valence-electron chi connectivity index (χ1n) is 7.58. The Hall–Kier alpha value is -2.95. The van der Waals surface area contributed by atoms with E-state index in [1.807, 2.05) is 72.8 Å². The van der Waals surface area contributed by atoms with Crippen LogP contribution in [0.25, 0.3) is 22.8 Å². The summed E-state index contributed by atoms with van der Waals surface area (Å²) in [6.07, 6.45) is 7.07. The summed E-state index contributed by atoms with van der Waals surface area (Å²) in [6, 6.07) is 23.2. The number of nitrogens with zero attached hydrogens (tertiary/aromatic N) is 4. The van der Waals surface area contributed by atoms with Crippen molar-refractivity contribution in [3.05, 3.63) is 97.6 Å². The normalized spacial score (nSPS) is 8.59. The molecule has 4 aromatic heterocycles. The van der Waals surface area contributed by atoms with Crippen molar-refractivity contribution in [3.63, 3.8) is 0 Å². The number of pyridine rings is 4. The first kappa shape index (κ1) is 24.1. The van der Waals surface area contributed by atoms with Crippen LogP contribution >= 0.6 is 0 Å². The van der Waals surface area contributed by atoms with Crippen molar-refractivity contribution >= 4 is 0 Å². The van der Waals surface area contributed by atoms with Crippen LogP contribution in [0.15, 0.2) is 97.6 Å². The molecular weight excluding hydrogens is 380 g/mol. The molecule has 138 valence electrons. The van der Waals surface area contributed by atoms with E-state index in [0.717, 1.165) is 22.8 Å². The quantitative estimate of drug-likeness (QED) is 0.514. The van der Waals surface area contributed by atoms with E-state index in [1.54, 1.807) is 24.8 Å². The summed E-state index contributed by atoms with van der Waals surface area (Å²) in [6.45, 7) is 0. The Bertz CT molecular complexity index is 702. The first-order valence-corrected chi connectivity index (χ1v) is 7.58. The van der Waals surface area contributed by atoms with Crippen LogP contribution in [-0.2, 0) is 17.4 Å². The number of aromatic nitrogens is 4. The summed E-state index contributed by atoms with van der Waals surface area (Å²) in [4.78, 5) is 16.7. The molecule has 0 aliphatic carbocycles. The molecule has 0 amide bonds. The average Bonchev–Trinajstić information content (AvgIpc) is 2.71. The summed E-state index contributed by atoms with van der Waals surface area (Å²) in [5.41, 5.74) is 3.66. The summed E-state index contributed by atoms with van der Waals surface area (Å²) >= 11 is 0. The van der Waals surface area contributed by atoms with Gasteiger partial charge in [-0.2, -0.15) is 0 Å². The minimum absolute atomic E-state index is 0. The molecule has 7 heteroatoms. The van der Waals surface area contributed by atoms with Gasteiger partial charge in [-0.15, -0.1) is 0 Å². The van der Waals surface area contributed by atoms with Crippen LogP contribution < -0.4 is 0 Å². The smallest absolute Gasteiger partial charge is 0.0886 e. The van der Waals surface area contributed by atoms with Crippen molar-refractivity contribution in [2.75, 3.05) is 0 Å². The molecule has 0 aliphatic heterocycles. The third-order valence-electron chi connectivity index (χ3n) is 3.18. The Labute approximate surface area is 168 Å². The van der Waals surface area contributed by atoms with Gasteiger partial charge < -0.3 is 11.0 Å². The second-order valence-corrected chi connectivity index (χ2v) is 4.86. The second kappa shape index (κ2) is 13.3. The van der Waals surface area contributed by atoms with Gasteiger partial charge in [0, 0.05) is 42.1 Å². The van der Waals surface area contributed by atoms with Gasteiger partial charge in [0.05, 0.1) is 22.8 Å². The number of rotatable bonds is 2. The topological polar surface area (TPSA) is 115 Å². The van der Waals surface area contributed by atoms with Crippen LogP contribution in [-0.4, -0.2) is 30.9 Å². The van der Waals surface area contributed by atoms with E-state index in [9.17, 15) is 0 Å². The minimum atomic E-state index is 0. The monoisotopic (exact) mass is 400 g/mol.